The van der Waals surface area contributed by atoms with Crippen LogP contribution in [0.4, 0.5) is 4.39 Å². The lowest BCUT2D eigenvalue weighted by molar-refractivity contribution is -0.132. The minimum absolute atomic E-state index is 0.0324. The summed E-state index contributed by atoms with van der Waals surface area (Å²) in [4.78, 5) is 32.0. The number of carbonyl (C=O) groups excluding carboxylic acids is 2. The number of likely N-dealkylation sites (tertiary alicyclic amines) is 1. The van der Waals surface area contributed by atoms with Crippen LogP contribution in [0.3, 0.4) is 0 Å². The first-order chi connectivity index (χ1) is 15.1. The molecule has 7 heteroatoms. The highest BCUT2D eigenvalue weighted by Gasteiger charge is 2.36. The molecule has 1 atom stereocenters. The average molecular weight is 426 g/mol. The van der Waals surface area contributed by atoms with Crippen LogP contribution in [-0.2, 0) is 11.3 Å². The van der Waals surface area contributed by atoms with Crippen LogP contribution in [0.1, 0.15) is 28.8 Å². The third-order valence-electron chi connectivity index (χ3n) is 6.15. The minimum Gasteiger partial charge on any atom is -0.496 e. The lowest BCUT2D eigenvalue weighted by Crippen LogP contribution is -2.44. The molecule has 0 aromatic heterocycles. The van der Waals surface area contributed by atoms with Gasteiger partial charge in [-0.3, -0.25) is 14.5 Å². The van der Waals surface area contributed by atoms with Crippen LogP contribution < -0.4 is 4.74 Å². The molecule has 2 amide bonds. The van der Waals surface area contributed by atoms with Crippen molar-refractivity contribution >= 4 is 11.8 Å². The molecule has 4 rings (SSSR count). The summed E-state index contributed by atoms with van der Waals surface area (Å²) in [6.45, 7) is 3.90. The van der Waals surface area contributed by atoms with Gasteiger partial charge in [0.25, 0.3) is 5.91 Å². The van der Waals surface area contributed by atoms with Gasteiger partial charge >= 0.3 is 0 Å². The molecule has 0 aliphatic carbocycles. The Morgan fingerprint density at radius 1 is 1.03 bits per heavy atom. The van der Waals surface area contributed by atoms with Crippen molar-refractivity contribution in [2.24, 2.45) is 0 Å². The van der Waals surface area contributed by atoms with Gasteiger partial charge in [-0.25, -0.2) is 4.39 Å². The first kappa shape index (κ1) is 21.3. The Balaban J connectivity index is 1.37. The maximum Gasteiger partial charge on any atom is 0.257 e. The van der Waals surface area contributed by atoms with E-state index in [0.29, 0.717) is 44.0 Å². The normalized spacial score (nSPS) is 20.1. The molecule has 2 aromatic carbocycles. The number of amides is 2. The molecule has 2 aromatic rings. The summed E-state index contributed by atoms with van der Waals surface area (Å²) in [5.74, 6) is 0.394. The highest BCUT2D eigenvalue weighted by molar-refractivity contribution is 5.97. The van der Waals surface area contributed by atoms with E-state index in [2.05, 4.69) is 4.90 Å². The SMILES string of the molecule is COc1ccccc1C(=O)N1CCCN([C@H]2CCN(Cc3ccc(F)cc3)C2=O)CC1. The third-order valence-corrected chi connectivity index (χ3v) is 6.15. The van der Waals surface area contributed by atoms with Gasteiger partial charge in [0.15, 0.2) is 0 Å². The number of rotatable bonds is 5. The monoisotopic (exact) mass is 425 g/mol. The number of halogens is 1. The smallest absolute Gasteiger partial charge is 0.257 e. The molecule has 2 heterocycles. The molecule has 0 saturated carbocycles. The second-order valence-corrected chi connectivity index (χ2v) is 8.07. The molecular weight excluding hydrogens is 397 g/mol. The van der Waals surface area contributed by atoms with Crippen molar-refractivity contribution in [2.75, 3.05) is 39.8 Å². The second-order valence-electron chi connectivity index (χ2n) is 8.07. The van der Waals surface area contributed by atoms with Gasteiger partial charge in [0.2, 0.25) is 5.91 Å². The van der Waals surface area contributed by atoms with E-state index in [1.54, 1.807) is 31.4 Å². The van der Waals surface area contributed by atoms with Crippen LogP contribution in [-0.4, -0.2) is 72.4 Å². The summed E-state index contributed by atoms with van der Waals surface area (Å²) < 4.78 is 18.5. The van der Waals surface area contributed by atoms with Crippen LogP contribution in [0.15, 0.2) is 48.5 Å². The summed E-state index contributed by atoms with van der Waals surface area (Å²) in [5.41, 5.74) is 1.50. The number of ether oxygens (including phenoxy) is 1. The summed E-state index contributed by atoms with van der Waals surface area (Å²) >= 11 is 0. The highest BCUT2D eigenvalue weighted by atomic mass is 19.1. The number of methoxy groups -OCH3 is 1. The molecule has 0 spiro atoms. The van der Waals surface area contributed by atoms with Gasteiger partial charge < -0.3 is 14.5 Å². The predicted molar refractivity (Wildman–Crippen MR) is 115 cm³/mol. The molecule has 2 aliphatic rings. The summed E-state index contributed by atoms with van der Waals surface area (Å²) in [5, 5.41) is 0. The molecule has 0 bridgehead atoms. The number of para-hydroxylation sites is 1. The van der Waals surface area contributed by atoms with Crippen molar-refractivity contribution in [3.63, 3.8) is 0 Å². The van der Waals surface area contributed by atoms with Crippen LogP contribution in [0.25, 0.3) is 0 Å². The molecule has 31 heavy (non-hydrogen) atoms. The van der Waals surface area contributed by atoms with Gasteiger partial charge in [-0.2, -0.15) is 0 Å². The Morgan fingerprint density at radius 3 is 2.58 bits per heavy atom. The molecule has 0 N–H and O–H groups in total. The minimum atomic E-state index is -0.272. The zero-order chi connectivity index (χ0) is 21.8. The van der Waals surface area contributed by atoms with Gasteiger partial charge in [0, 0.05) is 39.3 Å². The fourth-order valence-electron chi connectivity index (χ4n) is 4.47. The van der Waals surface area contributed by atoms with E-state index < -0.39 is 0 Å². The van der Waals surface area contributed by atoms with E-state index in [-0.39, 0.29) is 23.7 Å². The van der Waals surface area contributed by atoms with Gasteiger partial charge in [-0.1, -0.05) is 24.3 Å². The topological polar surface area (TPSA) is 53.1 Å². The first-order valence-electron chi connectivity index (χ1n) is 10.8. The lowest BCUT2D eigenvalue weighted by atomic mass is 10.1. The fraction of sp³-hybridized carbons (Fsp3) is 0.417. The predicted octanol–water partition coefficient (Wildman–Crippen LogP) is 2.78. The molecule has 0 radical (unpaired) electrons. The van der Waals surface area contributed by atoms with E-state index in [1.807, 2.05) is 21.9 Å². The zero-order valence-corrected chi connectivity index (χ0v) is 17.8. The van der Waals surface area contributed by atoms with Crippen LogP contribution in [0.2, 0.25) is 0 Å². The molecular formula is C24H28FN3O3. The van der Waals surface area contributed by atoms with Crippen molar-refractivity contribution in [1.82, 2.24) is 14.7 Å². The van der Waals surface area contributed by atoms with Crippen LogP contribution >= 0.6 is 0 Å². The molecule has 164 valence electrons. The van der Waals surface area contributed by atoms with Crippen LogP contribution in [0.5, 0.6) is 5.75 Å². The van der Waals surface area contributed by atoms with E-state index in [0.717, 1.165) is 24.9 Å². The van der Waals surface area contributed by atoms with Gasteiger partial charge in [0.05, 0.1) is 18.7 Å². The van der Waals surface area contributed by atoms with E-state index >= 15 is 0 Å². The Morgan fingerprint density at radius 2 is 1.81 bits per heavy atom. The molecule has 2 saturated heterocycles. The summed E-state index contributed by atoms with van der Waals surface area (Å²) in [7, 11) is 1.57. The number of hydrogen-bond donors (Lipinski definition) is 0. The van der Waals surface area contributed by atoms with Crippen molar-refractivity contribution in [2.45, 2.75) is 25.4 Å². The van der Waals surface area contributed by atoms with Crippen molar-refractivity contribution in [3.05, 3.63) is 65.5 Å². The number of nitrogens with zero attached hydrogens (tertiary/aromatic N) is 3. The maximum atomic E-state index is 13.1. The van der Waals surface area contributed by atoms with Crippen molar-refractivity contribution in [3.8, 4) is 5.75 Å². The van der Waals surface area contributed by atoms with Gasteiger partial charge in [-0.15, -0.1) is 0 Å². The summed E-state index contributed by atoms with van der Waals surface area (Å²) in [6.07, 6.45) is 1.60. The van der Waals surface area contributed by atoms with Gasteiger partial charge in [-0.05, 0) is 42.7 Å². The Bertz CT molecular complexity index is 934. The quantitative estimate of drug-likeness (QED) is 0.739. The largest absolute Gasteiger partial charge is 0.496 e. The van der Waals surface area contributed by atoms with E-state index in [4.69, 9.17) is 4.74 Å². The molecule has 2 aliphatic heterocycles. The third kappa shape index (κ3) is 4.71. The number of benzene rings is 2. The standard InChI is InChI=1S/C24H28FN3O3/c1-31-22-6-3-2-5-20(22)23(29)27-13-4-12-26(15-16-27)21-11-14-28(24(21)30)17-18-7-9-19(25)10-8-18/h2-3,5-10,21H,4,11-17H2,1H3/t21-/m0/s1. The Hall–Kier alpha value is -2.93. The van der Waals surface area contributed by atoms with Crippen LogP contribution in [0, 0.1) is 5.82 Å². The molecule has 6 nitrogen and oxygen atoms in total. The molecule has 2 fully saturated rings. The molecule has 0 unspecified atom stereocenters. The highest BCUT2D eigenvalue weighted by Crippen LogP contribution is 2.23. The fourth-order valence-corrected chi connectivity index (χ4v) is 4.47. The van der Waals surface area contributed by atoms with Crippen molar-refractivity contribution in [1.29, 1.82) is 0 Å². The average Bonchev–Trinajstić information content (AvgIpc) is 3.00. The number of hydrogen-bond acceptors (Lipinski definition) is 4. The Labute approximate surface area is 182 Å². The maximum absolute atomic E-state index is 13.1. The van der Waals surface area contributed by atoms with E-state index in [1.165, 1.54) is 12.1 Å². The summed E-state index contributed by atoms with van der Waals surface area (Å²) in [6, 6.07) is 13.4. The second kappa shape index (κ2) is 9.47. The zero-order valence-electron chi connectivity index (χ0n) is 17.8. The van der Waals surface area contributed by atoms with E-state index in [9.17, 15) is 14.0 Å². The Kier molecular flexibility index (Phi) is 6.51. The first-order valence-corrected chi connectivity index (χ1v) is 10.8. The van der Waals surface area contributed by atoms with Crippen molar-refractivity contribution < 1.29 is 18.7 Å². The lowest BCUT2D eigenvalue weighted by Gasteiger charge is -2.27. The van der Waals surface area contributed by atoms with Gasteiger partial charge in [0.1, 0.15) is 11.6 Å². The number of carbonyl (C=O) groups is 2.